The summed E-state index contributed by atoms with van der Waals surface area (Å²) in [4.78, 5) is 28.2. The molecule has 0 aliphatic carbocycles. The zero-order valence-corrected chi connectivity index (χ0v) is 13.6. The summed E-state index contributed by atoms with van der Waals surface area (Å²) >= 11 is 0. The highest BCUT2D eigenvalue weighted by atomic mass is 16.2. The van der Waals surface area contributed by atoms with Crippen molar-refractivity contribution < 1.29 is 9.59 Å². The van der Waals surface area contributed by atoms with E-state index in [-0.39, 0.29) is 0 Å². The summed E-state index contributed by atoms with van der Waals surface area (Å²) in [5.74, 6) is -0.942. The van der Waals surface area contributed by atoms with E-state index in [2.05, 4.69) is 10.2 Å². The minimum atomic E-state index is -0.530. The zero-order valence-electron chi connectivity index (χ0n) is 13.6. The second kappa shape index (κ2) is 7.49. The van der Waals surface area contributed by atoms with Crippen molar-refractivity contribution in [2.45, 2.75) is 38.5 Å². The van der Waals surface area contributed by atoms with E-state index in [1.165, 1.54) is 24.9 Å². The zero-order chi connectivity index (χ0) is 16.1. The quantitative estimate of drug-likeness (QED) is 0.854. The van der Waals surface area contributed by atoms with Crippen LogP contribution in [0.25, 0.3) is 0 Å². The molecular weight excluding hydrogens is 290 g/mol. The van der Waals surface area contributed by atoms with Gasteiger partial charge in [-0.15, -0.1) is 0 Å². The third kappa shape index (κ3) is 4.03. The van der Waals surface area contributed by atoms with Gasteiger partial charge in [0.1, 0.15) is 0 Å². The molecule has 2 heterocycles. The molecule has 2 saturated heterocycles. The molecule has 0 spiro atoms. The smallest absolute Gasteiger partial charge is 0.313 e. The number of nitrogens with one attached hydrogen (secondary N) is 1. The van der Waals surface area contributed by atoms with Crippen LogP contribution >= 0.6 is 0 Å². The maximum Gasteiger partial charge on any atom is 0.313 e. The number of carbonyl (C=O) groups is 2. The average Bonchev–Trinajstić information content (AvgIpc) is 2.63. The Bertz CT molecular complexity index is 544. The van der Waals surface area contributed by atoms with Crippen molar-refractivity contribution in [2.75, 3.05) is 36.4 Å². The molecule has 0 bridgehead atoms. The van der Waals surface area contributed by atoms with Crippen LogP contribution in [0.15, 0.2) is 24.3 Å². The molecule has 2 aliphatic rings. The molecular formula is C18H25N3O2. The highest BCUT2D eigenvalue weighted by molar-refractivity contribution is 6.39. The Hall–Kier alpha value is -2.04. The monoisotopic (exact) mass is 315 g/mol. The molecule has 1 aromatic rings. The van der Waals surface area contributed by atoms with Crippen LogP contribution in [0.5, 0.6) is 0 Å². The van der Waals surface area contributed by atoms with Gasteiger partial charge in [0.05, 0.1) is 0 Å². The first-order valence-electron chi connectivity index (χ1n) is 8.69. The number of piperidine rings is 2. The van der Waals surface area contributed by atoms with Gasteiger partial charge in [-0.2, -0.15) is 0 Å². The number of rotatable bonds is 2. The molecule has 0 aromatic heterocycles. The van der Waals surface area contributed by atoms with Crippen molar-refractivity contribution in [3.8, 4) is 0 Å². The van der Waals surface area contributed by atoms with Crippen molar-refractivity contribution in [1.29, 1.82) is 0 Å². The van der Waals surface area contributed by atoms with Gasteiger partial charge >= 0.3 is 11.8 Å². The number of hydrogen-bond acceptors (Lipinski definition) is 3. The Morgan fingerprint density at radius 2 is 1.35 bits per heavy atom. The molecule has 0 unspecified atom stereocenters. The van der Waals surface area contributed by atoms with Crippen LogP contribution < -0.4 is 10.2 Å². The van der Waals surface area contributed by atoms with Gasteiger partial charge in [-0.3, -0.25) is 9.59 Å². The van der Waals surface area contributed by atoms with E-state index in [9.17, 15) is 9.59 Å². The first-order chi connectivity index (χ1) is 11.2. The van der Waals surface area contributed by atoms with E-state index >= 15 is 0 Å². The maximum absolute atomic E-state index is 12.1. The Morgan fingerprint density at radius 1 is 0.783 bits per heavy atom. The van der Waals surface area contributed by atoms with Gasteiger partial charge in [0.25, 0.3) is 0 Å². The first-order valence-corrected chi connectivity index (χ1v) is 8.69. The number of nitrogens with zero attached hydrogens (tertiary/aromatic N) is 2. The molecule has 124 valence electrons. The second-order valence-electron chi connectivity index (χ2n) is 6.40. The summed E-state index contributed by atoms with van der Waals surface area (Å²) in [6.45, 7) is 3.58. The summed E-state index contributed by atoms with van der Waals surface area (Å²) in [7, 11) is 0. The summed E-state index contributed by atoms with van der Waals surface area (Å²) in [6.07, 6.45) is 6.91. The lowest BCUT2D eigenvalue weighted by Gasteiger charge is -2.29. The fourth-order valence-corrected chi connectivity index (χ4v) is 3.33. The average molecular weight is 315 g/mol. The molecule has 5 nitrogen and oxygen atoms in total. The van der Waals surface area contributed by atoms with Crippen LogP contribution in [0.4, 0.5) is 11.4 Å². The number of anilines is 2. The lowest BCUT2D eigenvalue weighted by molar-refractivity contribution is -0.143. The van der Waals surface area contributed by atoms with Gasteiger partial charge in [0, 0.05) is 37.6 Å². The molecule has 1 N–H and O–H groups in total. The Labute approximate surface area is 137 Å². The molecule has 2 amide bonds. The van der Waals surface area contributed by atoms with Gasteiger partial charge < -0.3 is 15.1 Å². The highest BCUT2D eigenvalue weighted by Crippen LogP contribution is 2.22. The fraction of sp³-hybridized carbons (Fsp3) is 0.556. The van der Waals surface area contributed by atoms with Crippen LogP contribution in [-0.4, -0.2) is 42.9 Å². The van der Waals surface area contributed by atoms with E-state index in [1.54, 1.807) is 4.90 Å². The molecule has 23 heavy (non-hydrogen) atoms. The lowest BCUT2D eigenvalue weighted by atomic mass is 10.1. The minimum Gasteiger partial charge on any atom is -0.372 e. The highest BCUT2D eigenvalue weighted by Gasteiger charge is 2.23. The number of amides is 2. The van der Waals surface area contributed by atoms with Crippen LogP contribution in [0.2, 0.25) is 0 Å². The van der Waals surface area contributed by atoms with Gasteiger partial charge in [0.2, 0.25) is 0 Å². The van der Waals surface area contributed by atoms with E-state index in [0.717, 1.165) is 32.4 Å². The van der Waals surface area contributed by atoms with E-state index in [4.69, 9.17) is 0 Å². The number of benzene rings is 1. The number of carbonyl (C=O) groups excluding carboxylic acids is 2. The van der Waals surface area contributed by atoms with Crippen LogP contribution in [0.3, 0.4) is 0 Å². The molecule has 0 radical (unpaired) electrons. The molecule has 2 aliphatic heterocycles. The normalized spacial score (nSPS) is 18.6. The fourth-order valence-electron chi connectivity index (χ4n) is 3.33. The van der Waals surface area contributed by atoms with E-state index < -0.39 is 11.8 Å². The Balaban J connectivity index is 1.56. The third-order valence-electron chi connectivity index (χ3n) is 4.68. The molecule has 5 heteroatoms. The predicted octanol–water partition coefficient (Wildman–Crippen LogP) is 2.63. The summed E-state index contributed by atoms with van der Waals surface area (Å²) in [5, 5.41) is 2.72. The van der Waals surface area contributed by atoms with Crippen molar-refractivity contribution >= 4 is 23.2 Å². The molecule has 0 atom stereocenters. The van der Waals surface area contributed by atoms with Gasteiger partial charge in [0.15, 0.2) is 0 Å². The van der Waals surface area contributed by atoms with Crippen molar-refractivity contribution in [1.82, 2.24) is 4.90 Å². The maximum atomic E-state index is 12.1. The number of hydrogen-bond donors (Lipinski definition) is 1. The van der Waals surface area contributed by atoms with E-state index in [1.807, 2.05) is 24.3 Å². The van der Waals surface area contributed by atoms with Crippen LogP contribution in [0, 0.1) is 0 Å². The van der Waals surface area contributed by atoms with Crippen LogP contribution in [0.1, 0.15) is 38.5 Å². The van der Waals surface area contributed by atoms with Crippen molar-refractivity contribution in [3.63, 3.8) is 0 Å². The van der Waals surface area contributed by atoms with Crippen molar-refractivity contribution in [2.24, 2.45) is 0 Å². The molecule has 3 rings (SSSR count). The summed E-state index contributed by atoms with van der Waals surface area (Å²) < 4.78 is 0. The predicted molar refractivity (Wildman–Crippen MR) is 91.6 cm³/mol. The largest absolute Gasteiger partial charge is 0.372 e. The number of likely N-dealkylation sites (tertiary alicyclic amines) is 1. The molecule has 2 fully saturated rings. The molecule has 1 aromatic carbocycles. The van der Waals surface area contributed by atoms with Crippen LogP contribution in [-0.2, 0) is 9.59 Å². The second-order valence-corrected chi connectivity index (χ2v) is 6.40. The topological polar surface area (TPSA) is 52.7 Å². The van der Waals surface area contributed by atoms with E-state index in [0.29, 0.717) is 18.8 Å². The summed E-state index contributed by atoms with van der Waals surface area (Å²) in [6, 6.07) is 7.80. The standard InChI is InChI=1S/C18H25N3O2/c22-17(18(23)21-13-5-2-6-14-21)19-15-7-9-16(10-8-15)20-11-3-1-4-12-20/h7-10H,1-6,11-14H2,(H,19,22). The molecule has 0 saturated carbocycles. The Morgan fingerprint density at radius 3 is 1.96 bits per heavy atom. The first kappa shape index (κ1) is 15.8. The summed E-state index contributed by atoms with van der Waals surface area (Å²) in [5.41, 5.74) is 1.87. The third-order valence-corrected chi connectivity index (χ3v) is 4.68. The van der Waals surface area contributed by atoms with Crippen molar-refractivity contribution in [3.05, 3.63) is 24.3 Å². The van der Waals surface area contributed by atoms with Gasteiger partial charge in [-0.25, -0.2) is 0 Å². The Kier molecular flexibility index (Phi) is 5.16. The van der Waals surface area contributed by atoms with Gasteiger partial charge in [-0.05, 0) is 62.8 Å². The van der Waals surface area contributed by atoms with Gasteiger partial charge in [-0.1, -0.05) is 0 Å². The SMILES string of the molecule is O=C(Nc1ccc(N2CCCCC2)cc1)C(=O)N1CCCCC1. The lowest BCUT2D eigenvalue weighted by Crippen LogP contribution is -2.42. The minimum absolute atomic E-state index is 0.412.